The molecule has 0 saturated heterocycles. The van der Waals surface area contributed by atoms with E-state index < -0.39 is 5.82 Å². The molecule has 0 aliphatic heterocycles. The number of rotatable bonds is 3. The molecular formula is C16H15ClFNO2. The number of amides is 1. The molecule has 0 aliphatic rings. The highest BCUT2D eigenvalue weighted by molar-refractivity contribution is 6.33. The quantitative estimate of drug-likeness (QED) is 0.930. The van der Waals surface area contributed by atoms with Gasteiger partial charge in [-0.15, -0.1) is 0 Å². The highest BCUT2D eigenvalue weighted by Gasteiger charge is 2.22. The van der Waals surface area contributed by atoms with Crippen LogP contribution in [0, 0.1) is 5.82 Å². The van der Waals surface area contributed by atoms with E-state index in [0.717, 1.165) is 6.07 Å². The Kier molecular flexibility index (Phi) is 4.48. The van der Waals surface area contributed by atoms with Crippen LogP contribution in [0.15, 0.2) is 42.5 Å². The van der Waals surface area contributed by atoms with Crippen LogP contribution >= 0.6 is 11.6 Å². The lowest BCUT2D eigenvalue weighted by atomic mass is 10.0. The summed E-state index contributed by atoms with van der Waals surface area (Å²) >= 11 is 5.91. The van der Waals surface area contributed by atoms with Gasteiger partial charge in [-0.05, 0) is 31.2 Å². The van der Waals surface area contributed by atoms with Gasteiger partial charge >= 0.3 is 0 Å². The van der Waals surface area contributed by atoms with Gasteiger partial charge in [-0.3, -0.25) is 4.79 Å². The van der Waals surface area contributed by atoms with Crippen LogP contribution in [0.5, 0.6) is 5.75 Å². The van der Waals surface area contributed by atoms with Crippen LogP contribution in [0.1, 0.15) is 28.9 Å². The van der Waals surface area contributed by atoms with Crippen molar-refractivity contribution in [2.24, 2.45) is 0 Å². The molecule has 1 unspecified atom stereocenters. The van der Waals surface area contributed by atoms with Gasteiger partial charge in [0.15, 0.2) is 0 Å². The van der Waals surface area contributed by atoms with Crippen molar-refractivity contribution in [3.05, 3.63) is 64.4 Å². The van der Waals surface area contributed by atoms with E-state index in [1.165, 1.54) is 17.0 Å². The summed E-state index contributed by atoms with van der Waals surface area (Å²) in [6.45, 7) is 1.80. The first-order valence-electron chi connectivity index (χ1n) is 6.42. The van der Waals surface area contributed by atoms with Crippen LogP contribution in [0.3, 0.4) is 0 Å². The first kappa shape index (κ1) is 15.3. The Hall–Kier alpha value is -2.07. The number of phenols is 1. The van der Waals surface area contributed by atoms with Gasteiger partial charge < -0.3 is 10.0 Å². The second-order valence-electron chi connectivity index (χ2n) is 4.78. The molecule has 0 aromatic heterocycles. The lowest BCUT2D eigenvalue weighted by Crippen LogP contribution is -2.30. The summed E-state index contributed by atoms with van der Waals surface area (Å²) in [5.74, 6) is -0.710. The number of nitrogens with zero attached hydrogens (tertiary/aromatic N) is 1. The Morgan fingerprint density at radius 2 is 1.95 bits per heavy atom. The van der Waals surface area contributed by atoms with Crippen LogP contribution in [-0.4, -0.2) is 23.0 Å². The van der Waals surface area contributed by atoms with Gasteiger partial charge in [-0.25, -0.2) is 4.39 Å². The number of carbonyl (C=O) groups excluding carboxylic acids is 1. The van der Waals surface area contributed by atoms with Gasteiger partial charge in [0.05, 0.1) is 16.6 Å². The third-order valence-electron chi connectivity index (χ3n) is 3.45. The third-order valence-corrected chi connectivity index (χ3v) is 3.76. The van der Waals surface area contributed by atoms with E-state index in [2.05, 4.69) is 0 Å². The topological polar surface area (TPSA) is 40.5 Å². The molecule has 0 spiro atoms. The van der Waals surface area contributed by atoms with Gasteiger partial charge in [0.2, 0.25) is 0 Å². The fourth-order valence-corrected chi connectivity index (χ4v) is 2.33. The van der Waals surface area contributed by atoms with E-state index in [0.29, 0.717) is 5.56 Å². The number of phenolic OH excluding ortho intramolecular Hbond substituents is 1. The molecule has 1 N–H and O–H groups in total. The summed E-state index contributed by atoms with van der Waals surface area (Å²) in [7, 11) is 1.61. The molecule has 2 aromatic rings. The molecular weight excluding hydrogens is 293 g/mol. The highest BCUT2D eigenvalue weighted by Crippen LogP contribution is 2.29. The molecule has 0 bridgehead atoms. The van der Waals surface area contributed by atoms with Crippen LogP contribution in [0.25, 0.3) is 0 Å². The van der Waals surface area contributed by atoms with Gasteiger partial charge in [-0.1, -0.05) is 29.8 Å². The summed E-state index contributed by atoms with van der Waals surface area (Å²) < 4.78 is 13.0. The van der Waals surface area contributed by atoms with Crippen molar-refractivity contribution in [1.29, 1.82) is 0 Å². The molecule has 2 rings (SSSR count). The zero-order chi connectivity index (χ0) is 15.6. The van der Waals surface area contributed by atoms with Gasteiger partial charge in [-0.2, -0.15) is 0 Å². The Labute approximate surface area is 127 Å². The summed E-state index contributed by atoms with van der Waals surface area (Å²) in [6.07, 6.45) is 0. The highest BCUT2D eigenvalue weighted by atomic mass is 35.5. The molecule has 5 heteroatoms. The number of aromatic hydroxyl groups is 1. The van der Waals surface area contributed by atoms with Crippen LogP contribution in [-0.2, 0) is 0 Å². The molecule has 1 atom stereocenters. The Balaban J connectivity index is 2.29. The smallest absolute Gasteiger partial charge is 0.255 e. The average molecular weight is 308 g/mol. The maximum Gasteiger partial charge on any atom is 0.255 e. The fourth-order valence-electron chi connectivity index (χ4n) is 2.08. The molecule has 0 radical (unpaired) electrons. The fraction of sp³-hybridized carbons (Fsp3) is 0.188. The Morgan fingerprint density at radius 1 is 1.29 bits per heavy atom. The second-order valence-corrected chi connectivity index (χ2v) is 5.18. The zero-order valence-corrected chi connectivity index (χ0v) is 12.4. The molecule has 1 amide bonds. The number of hydrogen-bond acceptors (Lipinski definition) is 2. The predicted molar refractivity (Wildman–Crippen MR) is 80.0 cm³/mol. The summed E-state index contributed by atoms with van der Waals surface area (Å²) in [4.78, 5) is 13.9. The van der Waals surface area contributed by atoms with E-state index >= 15 is 0 Å². The largest absolute Gasteiger partial charge is 0.508 e. The maximum atomic E-state index is 13.0. The lowest BCUT2D eigenvalue weighted by Gasteiger charge is -2.26. The van der Waals surface area contributed by atoms with E-state index in [1.807, 2.05) is 0 Å². The zero-order valence-electron chi connectivity index (χ0n) is 11.7. The van der Waals surface area contributed by atoms with E-state index in [9.17, 15) is 14.3 Å². The second kappa shape index (κ2) is 6.14. The molecule has 3 nitrogen and oxygen atoms in total. The number of benzene rings is 2. The molecule has 0 saturated carbocycles. The molecule has 110 valence electrons. The van der Waals surface area contributed by atoms with Crippen molar-refractivity contribution in [2.75, 3.05) is 7.05 Å². The number of halogens is 2. The summed E-state index contributed by atoms with van der Waals surface area (Å²) in [5.41, 5.74) is 0.856. The van der Waals surface area contributed by atoms with Crippen LogP contribution in [0.2, 0.25) is 5.02 Å². The molecule has 21 heavy (non-hydrogen) atoms. The first-order chi connectivity index (χ1) is 9.91. The monoisotopic (exact) mass is 307 g/mol. The average Bonchev–Trinajstić information content (AvgIpc) is 2.45. The number of hydrogen-bond donors (Lipinski definition) is 1. The van der Waals surface area contributed by atoms with Crippen molar-refractivity contribution < 1.29 is 14.3 Å². The van der Waals surface area contributed by atoms with E-state index in [1.54, 1.807) is 38.2 Å². The van der Waals surface area contributed by atoms with Gasteiger partial charge in [0.25, 0.3) is 5.91 Å². The molecule has 2 aromatic carbocycles. The molecule has 0 heterocycles. The maximum absolute atomic E-state index is 13.0. The SMILES string of the molecule is CC(c1ccccc1O)N(C)C(=O)c1ccc(F)cc1Cl. The third kappa shape index (κ3) is 3.16. The van der Waals surface area contributed by atoms with Crippen LogP contribution < -0.4 is 0 Å². The van der Waals surface area contributed by atoms with E-state index in [4.69, 9.17) is 11.6 Å². The van der Waals surface area contributed by atoms with E-state index in [-0.39, 0.29) is 28.3 Å². The minimum absolute atomic E-state index is 0.0660. The predicted octanol–water partition coefficient (Wildman–Crippen LogP) is 4.02. The summed E-state index contributed by atoms with van der Waals surface area (Å²) in [6, 6.07) is 10.1. The lowest BCUT2D eigenvalue weighted by molar-refractivity contribution is 0.0741. The van der Waals surface area contributed by atoms with Gasteiger partial charge in [0.1, 0.15) is 11.6 Å². The molecule has 0 aliphatic carbocycles. The van der Waals surface area contributed by atoms with Crippen molar-refractivity contribution in [3.63, 3.8) is 0 Å². The van der Waals surface area contributed by atoms with Crippen LogP contribution in [0.4, 0.5) is 4.39 Å². The van der Waals surface area contributed by atoms with Crippen molar-refractivity contribution >= 4 is 17.5 Å². The standard InChI is InChI=1S/C16H15ClFNO2/c1-10(12-5-3-4-6-15(12)20)19(2)16(21)13-8-7-11(18)9-14(13)17/h3-10,20H,1-2H3. The first-order valence-corrected chi connectivity index (χ1v) is 6.79. The van der Waals surface area contributed by atoms with Crippen molar-refractivity contribution in [2.45, 2.75) is 13.0 Å². The minimum atomic E-state index is -0.493. The normalized spacial score (nSPS) is 12.0. The van der Waals surface area contributed by atoms with Crippen molar-refractivity contribution in [1.82, 2.24) is 4.90 Å². The molecule has 0 fully saturated rings. The number of para-hydroxylation sites is 1. The number of carbonyl (C=O) groups is 1. The van der Waals surface area contributed by atoms with Crippen molar-refractivity contribution in [3.8, 4) is 5.75 Å². The summed E-state index contributed by atoms with van der Waals surface area (Å²) in [5, 5.41) is 9.93. The Bertz CT molecular complexity index is 675. The Morgan fingerprint density at radius 3 is 2.57 bits per heavy atom. The minimum Gasteiger partial charge on any atom is -0.508 e. The van der Waals surface area contributed by atoms with Gasteiger partial charge in [0, 0.05) is 12.6 Å².